The maximum absolute atomic E-state index is 11.1. The minimum atomic E-state index is 0.250. The highest BCUT2D eigenvalue weighted by atomic mass is 32.2. The molecule has 1 spiro atoms. The molecule has 2 rings (SSSR count). The summed E-state index contributed by atoms with van der Waals surface area (Å²) in [7, 11) is 0. The molecule has 0 radical (unpaired) electrons. The van der Waals surface area contributed by atoms with Crippen molar-refractivity contribution < 1.29 is 4.79 Å². The lowest BCUT2D eigenvalue weighted by Crippen LogP contribution is -2.34. The molecule has 62 valence electrons. The van der Waals surface area contributed by atoms with Gasteiger partial charge in [0.25, 0.3) is 0 Å². The molecule has 2 nitrogen and oxygen atoms in total. The molecule has 2 unspecified atom stereocenters. The molecule has 0 aliphatic carbocycles. The first-order valence-electron chi connectivity index (χ1n) is 4.10. The summed E-state index contributed by atoms with van der Waals surface area (Å²) in [5.74, 6) is 2.66. The van der Waals surface area contributed by atoms with Crippen LogP contribution in [0.4, 0.5) is 0 Å². The van der Waals surface area contributed by atoms with Crippen molar-refractivity contribution >= 4 is 17.7 Å². The first-order chi connectivity index (χ1) is 5.23. The molecule has 0 saturated carbocycles. The van der Waals surface area contributed by atoms with Crippen LogP contribution in [0.3, 0.4) is 0 Å². The molecule has 0 aromatic carbocycles. The predicted molar refractivity (Wildman–Crippen MR) is 46.6 cm³/mol. The van der Waals surface area contributed by atoms with Crippen LogP contribution in [0.15, 0.2) is 0 Å². The van der Waals surface area contributed by atoms with Crippen molar-refractivity contribution in [3.05, 3.63) is 0 Å². The van der Waals surface area contributed by atoms with E-state index in [0.717, 1.165) is 6.42 Å². The Kier molecular flexibility index (Phi) is 1.63. The molecule has 3 heteroatoms. The molecular formula is C8H13NOS. The van der Waals surface area contributed by atoms with Gasteiger partial charge in [0, 0.05) is 23.6 Å². The van der Waals surface area contributed by atoms with E-state index in [2.05, 4.69) is 12.2 Å². The average Bonchev–Trinajstić information content (AvgIpc) is 2.45. The summed E-state index contributed by atoms with van der Waals surface area (Å²) in [4.78, 5) is 11.1. The number of hydrogen-bond donors (Lipinski definition) is 1. The fourth-order valence-electron chi connectivity index (χ4n) is 2.02. The molecule has 11 heavy (non-hydrogen) atoms. The summed E-state index contributed by atoms with van der Waals surface area (Å²) in [6.45, 7) is 2.14. The van der Waals surface area contributed by atoms with Gasteiger partial charge in [-0.15, -0.1) is 0 Å². The molecule has 2 atom stereocenters. The SMILES string of the molecule is CC1NC(=O)CC12CCSC2. The zero-order valence-electron chi connectivity index (χ0n) is 6.72. The fourth-order valence-corrected chi connectivity index (χ4v) is 3.62. The normalized spacial score (nSPS) is 43.4. The Morgan fingerprint density at radius 2 is 2.55 bits per heavy atom. The lowest BCUT2D eigenvalue weighted by atomic mass is 9.81. The number of rotatable bonds is 0. The van der Waals surface area contributed by atoms with Gasteiger partial charge < -0.3 is 5.32 Å². The number of amides is 1. The molecular weight excluding hydrogens is 158 g/mol. The second-order valence-electron chi connectivity index (χ2n) is 3.63. The topological polar surface area (TPSA) is 29.1 Å². The van der Waals surface area contributed by atoms with E-state index in [1.54, 1.807) is 0 Å². The van der Waals surface area contributed by atoms with Gasteiger partial charge in [0.2, 0.25) is 5.91 Å². The van der Waals surface area contributed by atoms with Gasteiger partial charge in [-0.2, -0.15) is 11.8 Å². The van der Waals surface area contributed by atoms with E-state index in [1.807, 2.05) is 11.8 Å². The van der Waals surface area contributed by atoms with Gasteiger partial charge in [0.05, 0.1) is 0 Å². The highest BCUT2D eigenvalue weighted by Crippen LogP contribution is 2.44. The van der Waals surface area contributed by atoms with E-state index in [9.17, 15) is 4.79 Å². The third-order valence-electron chi connectivity index (χ3n) is 2.94. The minimum Gasteiger partial charge on any atom is -0.353 e. The van der Waals surface area contributed by atoms with Gasteiger partial charge in [-0.3, -0.25) is 4.79 Å². The average molecular weight is 171 g/mol. The Bertz CT molecular complexity index is 187. The van der Waals surface area contributed by atoms with Crippen LogP contribution in [0.25, 0.3) is 0 Å². The van der Waals surface area contributed by atoms with Crippen molar-refractivity contribution in [2.45, 2.75) is 25.8 Å². The van der Waals surface area contributed by atoms with Crippen LogP contribution < -0.4 is 5.32 Å². The lowest BCUT2D eigenvalue weighted by Gasteiger charge is -2.25. The van der Waals surface area contributed by atoms with Crippen LogP contribution >= 0.6 is 11.8 Å². The Balaban J connectivity index is 2.18. The molecule has 2 aliphatic rings. The largest absolute Gasteiger partial charge is 0.353 e. The number of hydrogen-bond acceptors (Lipinski definition) is 2. The molecule has 2 aliphatic heterocycles. The first-order valence-corrected chi connectivity index (χ1v) is 5.26. The number of carbonyl (C=O) groups is 1. The van der Waals surface area contributed by atoms with E-state index < -0.39 is 0 Å². The monoisotopic (exact) mass is 171 g/mol. The molecule has 2 heterocycles. The molecule has 0 aromatic heterocycles. The van der Waals surface area contributed by atoms with Crippen LogP contribution in [0.5, 0.6) is 0 Å². The van der Waals surface area contributed by atoms with Gasteiger partial charge >= 0.3 is 0 Å². The van der Waals surface area contributed by atoms with Crippen molar-refractivity contribution in [3.63, 3.8) is 0 Å². The second-order valence-corrected chi connectivity index (χ2v) is 4.74. The van der Waals surface area contributed by atoms with Gasteiger partial charge in [-0.05, 0) is 19.1 Å². The lowest BCUT2D eigenvalue weighted by molar-refractivity contribution is -0.119. The Hall–Kier alpha value is -0.180. The number of nitrogens with one attached hydrogen (secondary N) is 1. The fraction of sp³-hybridized carbons (Fsp3) is 0.875. The third kappa shape index (κ3) is 1.06. The molecule has 2 saturated heterocycles. The summed E-state index contributed by atoms with van der Waals surface area (Å²) >= 11 is 1.98. The van der Waals surface area contributed by atoms with E-state index in [4.69, 9.17) is 0 Å². The summed E-state index contributed by atoms with van der Waals surface area (Å²) in [6, 6.07) is 0.407. The number of thioether (sulfide) groups is 1. The smallest absolute Gasteiger partial charge is 0.220 e. The van der Waals surface area contributed by atoms with Crippen LogP contribution in [0.1, 0.15) is 19.8 Å². The Morgan fingerprint density at radius 3 is 3.00 bits per heavy atom. The zero-order valence-corrected chi connectivity index (χ0v) is 7.54. The predicted octanol–water partition coefficient (Wildman–Crippen LogP) is 1.02. The first kappa shape index (κ1) is 7.47. The van der Waals surface area contributed by atoms with Crippen molar-refractivity contribution in [1.82, 2.24) is 5.32 Å². The summed E-state index contributed by atoms with van der Waals surface area (Å²) < 4.78 is 0. The Labute approximate surface area is 71.1 Å². The van der Waals surface area contributed by atoms with Gasteiger partial charge in [-0.1, -0.05) is 0 Å². The van der Waals surface area contributed by atoms with E-state index in [-0.39, 0.29) is 5.91 Å². The second kappa shape index (κ2) is 2.41. The van der Waals surface area contributed by atoms with Crippen LogP contribution in [-0.2, 0) is 4.79 Å². The van der Waals surface area contributed by atoms with Crippen LogP contribution in [-0.4, -0.2) is 23.5 Å². The highest BCUT2D eigenvalue weighted by molar-refractivity contribution is 7.99. The summed E-state index contributed by atoms with van der Waals surface area (Å²) in [5.41, 5.74) is 0.321. The molecule has 2 fully saturated rings. The quantitative estimate of drug-likeness (QED) is 0.589. The van der Waals surface area contributed by atoms with Crippen LogP contribution in [0.2, 0.25) is 0 Å². The zero-order chi connectivity index (χ0) is 7.90. The van der Waals surface area contributed by atoms with Crippen molar-refractivity contribution in [1.29, 1.82) is 0 Å². The number of carbonyl (C=O) groups excluding carboxylic acids is 1. The van der Waals surface area contributed by atoms with E-state index in [0.29, 0.717) is 11.5 Å². The third-order valence-corrected chi connectivity index (χ3v) is 4.21. The molecule has 0 aromatic rings. The maximum Gasteiger partial charge on any atom is 0.220 e. The Morgan fingerprint density at radius 1 is 1.73 bits per heavy atom. The van der Waals surface area contributed by atoms with E-state index >= 15 is 0 Å². The highest BCUT2D eigenvalue weighted by Gasteiger charge is 2.46. The molecule has 0 bridgehead atoms. The van der Waals surface area contributed by atoms with Crippen molar-refractivity contribution in [2.75, 3.05) is 11.5 Å². The standard InChI is InChI=1S/C8H13NOS/c1-6-8(2-3-11-5-8)4-7(10)9-6/h6H,2-5H2,1H3,(H,9,10). The minimum absolute atomic E-state index is 0.250. The van der Waals surface area contributed by atoms with Gasteiger partial charge in [0.1, 0.15) is 0 Å². The van der Waals surface area contributed by atoms with Gasteiger partial charge in [-0.25, -0.2) is 0 Å². The van der Waals surface area contributed by atoms with Crippen LogP contribution in [0, 0.1) is 5.41 Å². The van der Waals surface area contributed by atoms with Crippen molar-refractivity contribution in [2.24, 2.45) is 5.41 Å². The van der Waals surface area contributed by atoms with Crippen molar-refractivity contribution in [3.8, 4) is 0 Å². The van der Waals surface area contributed by atoms with E-state index in [1.165, 1.54) is 17.9 Å². The molecule has 1 amide bonds. The molecule has 1 N–H and O–H groups in total. The maximum atomic E-state index is 11.1. The summed E-state index contributed by atoms with van der Waals surface area (Å²) in [5, 5.41) is 3.00. The van der Waals surface area contributed by atoms with Gasteiger partial charge in [0.15, 0.2) is 0 Å². The summed E-state index contributed by atoms with van der Waals surface area (Å²) in [6.07, 6.45) is 1.98.